The van der Waals surface area contributed by atoms with Gasteiger partial charge in [-0.1, -0.05) is 143 Å². The molecule has 49 atom stereocenters. The number of carbonyl (C=O) groups excluding carboxylic acids is 6. The minimum absolute atomic E-state index is 0.102. The molecule has 17 N–H and O–H groups in total. The molecule has 0 aromatic carbocycles. The monoisotopic (exact) mass is 2090 g/mol. The van der Waals surface area contributed by atoms with E-state index in [2.05, 4.69) is 6.92 Å². The SMILES string of the molecule is CCCCCC1CCCCCCCCCC(=O)O[C@@H]2[C@@H](O[C@@H]3O[C@@H](C)[C@H](OC(=O)CCCCCCCCC[C@@H](CCCCC)O[C@@H]4O[C@H](C)[C@@H](O)[C@H](O)[C@H]4O[C@@H]4O[C@H](CO)[C@@H](O)[C@H](O)[C@H]4O[C@@H]4O[C@@H](C)[C@H](O[C@@H]5O[C@H](C)[C@@H](OC(=O)C(C)CC)[C@H](O)[C@H]5O)C(O)C4OC(=O)C(C)C(C)O)[C@@H](O)[C@@H]3O)[C@H](C)O[C@@H](O[C@H]3[C@H](O[C@H]4[C@H](O1)O[C@H](C)[C@@H](O)[C@@H]4O)O[C@H](COC(=O)C(C)C(C)O)[C@@H](O)[C@@H]3O)[C@@H]2OC(=O)C(C)C(C)O. The molecule has 10 unspecified atom stereocenters. The molecule has 145 heavy (non-hydrogen) atoms. The van der Waals surface area contributed by atoms with Crippen molar-refractivity contribution in [2.24, 2.45) is 23.7 Å². The smallest absolute Gasteiger partial charge is 0.311 e. The number of rotatable bonds is 43. The average Bonchev–Trinajstić information content (AvgIpc) is 0.765. The largest absolute Gasteiger partial charge is 0.463 e. The Morgan fingerprint density at radius 1 is 0.352 bits per heavy atom. The molecule has 0 aromatic rings. The van der Waals surface area contributed by atoms with Gasteiger partial charge in [0.1, 0.15) is 135 Å². The van der Waals surface area contributed by atoms with Gasteiger partial charge in [-0.05, 0) is 128 Å². The van der Waals surface area contributed by atoms with Gasteiger partial charge in [-0.15, -0.1) is 0 Å². The number of unbranched alkanes of at least 4 members (excludes halogenated alkanes) is 10. The van der Waals surface area contributed by atoms with Crippen molar-refractivity contribution in [3.05, 3.63) is 0 Å². The molecular formula is C100H172O45. The standard InChI is InChI=1S/C100H172O45/c1-17-20-32-38-59(131-95-82(69(111)65(107)53(11)125-95)143-98-84(71(113)67(109)61(44-101)133-98)142-97-86(138-91(122)48(6)51(9)103)77(119)80(57(15)129-97)140-93-76(118)74(116)79(56(14)128-93)137-89(120)46(4)19-3)40-34-28-24-22-26-30-36-42-63(105)135-78-55(13)127-94(75(117)73(78)115)141-81-58(16)130-100-88(139-92(123)49(7)52(10)104)87(81)136-64(106)43-37-31-27-23-25-29-35-41-60(39-33-21-18-2)132-96-83(70(112)66(108)54(12)126-96)144-99-85(145-100)72(114)68(110)62(134-99)45-124-90(121)47(5)50(8)102/h46-62,65-88,93-104,107-119H,17-45H2,1-16H3/t46?,47?,48?,49?,50?,51?,52?,53-,54-,55+,56-,57+,58+,59-,60?,61-,62-,65-,66-,67-,68-,69+,70+,71+,72+,73+,74-,75+,76-,77?,78+,79-,80+,81+,82-,83-,84-,85-,86?,87-,88-,93+,94+,95+,96+,97+,98+,99+,100+/m1/s1. The molecular weight excluding hydrogens is 1920 g/mol. The van der Waals surface area contributed by atoms with Crippen LogP contribution in [0, 0.1) is 23.7 Å². The highest BCUT2D eigenvalue weighted by atomic mass is 16.8. The highest BCUT2D eigenvalue weighted by Gasteiger charge is 2.62. The Hall–Kier alpha value is -4.50. The van der Waals surface area contributed by atoms with Crippen molar-refractivity contribution in [2.45, 2.75) is 560 Å². The lowest BCUT2D eigenvalue weighted by Gasteiger charge is -2.50. The molecule has 0 saturated carbocycles. The Balaban J connectivity index is 0.835. The van der Waals surface area contributed by atoms with Crippen LogP contribution in [0.3, 0.4) is 0 Å². The van der Waals surface area contributed by atoms with E-state index in [1.807, 2.05) is 6.92 Å². The van der Waals surface area contributed by atoms with E-state index in [9.17, 15) is 116 Å². The van der Waals surface area contributed by atoms with Crippen LogP contribution >= 0.6 is 0 Å². The molecule has 45 nitrogen and oxygen atoms in total. The fourth-order valence-corrected chi connectivity index (χ4v) is 19.0. The van der Waals surface area contributed by atoms with E-state index in [0.717, 1.165) is 77.0 Å². The molecule has 0 amide bonds. The van der Waals surface area contributed by atoms with Gasteiger partial charge in [-0.2, -0.15) is 0 Å². The van der Waals surface area contributed by atoms with Gasteiger partial charge < -0.3 is 191 Å². The number of aliphatic hydroxyl groups is 17. The Kier molecular flexibility index (Phi) is 51.2. The van der Waals surface area contributed by atoms with Gasteiger partial charge in [0.05, 0.1) is 97.4 Å². The van der Waals surface area contributed by atoms with Crippen LogP contribution in [0.5, 0.6) is 0 Å². The minimum atomic E-state index is -2.13. The zero-order chi connectivity index (χ0) is 107. The quantitative estimate of drug-likeness (QED) is 0.0236. The molecule has 45 heteroatoms. The zero-order valence-electron chi connectivity index (χ0n) is 86.8. The van der Waals surface area contributed by atoms with E-state index in [-0.39, 0.29) is 12.8 Å². The summed E-state index contributed by atoms with van der Waals surface area (Å²) in [6.45, 7) is 22.7. The molecule has 842 valence electrons. The number of ether oxygens (including phenoxy) is 22. The molecule has 0 spiro atoms. The zero-order valence-corrected chi connectivity index (χ0v) is 86.8. The Morgan fingerprint density at radius 3 is 1.37 bits per heavy atom. The summed E-state index contributed by atoms with van der Waals surface area (Å²) in [6.07, 6.45) is -56.2. The molecule has 0 radical (unpaired) electrons. The third-order valence-electron chi connectivity index (χ3n) is 29.5. The summed E-state index contributed by atoms with van der Waals surface area (Å²) in [7, 11) is 0. The van der Waals surface area contributed by atoms with E-state index in [0.29, 0.717) is 83.5 Å². The number of carbonyl (C=O) groups is 6. The van der Waals surface area contributed by atoms with Crippen molar-refractivity contribution in [2.75, 3.05) is 13.2 Å². The fourth-order valence-electron chi connectivity index (χ4n) is 19.0. The predicted octanol–water partition coefficient (Wildman–Crippen LogP) is 2.07. The van der Waals surface area contributed by atoms with Crippen molar-refractivity contribution in [3.63, 3.8) is 0 Å². The van der Waals surface area contributed by atoms with Crippen LogP contribution in [0.1, 0.15) is 284 Å². The summed E-state index contributed by atoms with van der Waals surface area (Å²) in [4.78, 5) is 82.3. The van der Waals surface area contributed by atoms with Gasteiger partial charge in [-0.3, -0.25) is 28.8 Å². The fraction of sp³-hybridized carbons (Fsp3) is 0.940. The van der Waals surface area contributed by atoms with Crippen molar-refractivity contribution in [1.29, 1.82) is 0 Å². The lowest BCUT2D eigenvalue weighted by molar-refractivity contribution is -0.399. The number of aliphatic hydroxyl groups excluding tert-OH is 17. The number of hydrogen-bond acceptors (Lipinski definition) is 45. The Morgan fingerprint density at radius 2 is 0.779 bits per heavy atom. The van der Waals surface area contributed by atoms with Gasteiger partial charge in [0, 0.05) is 12.8 Å². The first-order valence-corrected chi connectivity index (χ1v) is 52.9. The normalized spacial score (nSPS) is 40.9. The maximum absolute atomic E-state index is 14.5. The first-order chi connectivity index (χ1) is 68.8. The predicted molar refractivity (Wildman–Crippen MR) is 501 cm³/mol. The van der Waals surface area contributed by atoms with Crippen molar-refractivity contribution >= 4 is 35.8 Å². The Bertz CT molecular complexity index is 3780. The third-order valence-corrected chi connectivity index (χ3v) is 29.5. The van der Waals surface area contributed by atoms with Crippen molar-refractivity contribution in [3.8, 4) is 0 Å². The second-order valence-corrected chi connectivity index (χ2v) is 41.2. The summed E-state index contributed by atoms with van der Waals surface area (Å²) in [6, 6.07) is 0. The molecule has 0 aliphatic carbocycles. The van der Waals surface area contributed by atoms with Gasteiger partial charge >= 0.3 is 35.8 Å². The highest BCUT2D eigenvalue weighted by molar-refractivity contribution is 5.74. The van der Waals surface area contributed by atoms with Crippen molar-refractivity contribution < 1.29 is 220 Å². The Labute approximate surface area is 849 Å². The lowest BCUT2D eigenvalue weighted by Crippen LogP contribution is -2.68. The van der Waals surface area contributed by atoms with Crippen LogP contribution in [0.2, 0.25) is 0 Å². The second kappa shape index (κ2) is 59.8. The maximum Gasteiger partial charge on any atom is 0.311 e. The summed E-state index contributed by atoms with van der Waals surface area (Å²) < 4.78 is 137. The number of fused-ring (bicyclic) bond motifs is 4. The lowest BCUT2D eigenvalue weighted by atomic mass is 9.95. The maximum atomic E-state index is 14.5. The minimum Gasteiger partial charge on any atom is -0.463 e. The molecule has 9 heterocycles. The van der Waals surface area contributed by atoms with Crippen LogP contribution in [-0.2, 0) is 133 Å². The topological polar surface area (TPSA) is 649 Å². The highest BCUT2D eigenvalue weighted by Crippen LogP contribution is 2.43. The molecule has 9 saturated heterocycles. The van der Waals surface area contributed by atoms with Gasteiger partial charge in [-0.25, -0.2) is 0 Å². The van der Waals surface area contributed by atoms with Gasteiger partial charge in [0.15, 0.2) is 80.8 Å². The number of esters is 6. The van der Waals surface area contributed by atoms with Crippen LogP contribution in [-0.4, -0.2) is 412 Å². The van der Waals surface area contributed by atoms with Crippen LogP contribution in [0.15, 0.2) is 0 Å². The van der Waals surface area contributed by atoms with Crippen molar-refractivity contribution in [1.82, 2.24) is 0 Å². The second-order valence-electron chi connectivity index (χ2n) is 41.2. The van der Waals surface area contributed by atoms with E-state index < -0.39 is 349 Å². The van der Waals surface area contributed by atoms with Gasteiger partial charge in [0.2, 0.25) is 0 Å². The van der Waals surface area contributed by atoms with E-state index in [1.165, 1.54) is 83.1 Å². The summed E-state index contributed by atoms with van der Waals surface area (Å²) in [5.41, 5.74) is 0. The van der Waals surface area contributed by atoms with E-state index in [1.54, 1.807) is 13.8 Å². The molecule has 9 rings (SSSR count). The van der Waals surface area contributed by atoms with E-state index in [4.69, 9.17) is 104 Å². The van der Waals surface area contributed by atoms with Crippen LogP contribution < -0.4 is 0 Å². The summed E-state index contributed by atoms with van der Waals surface area (Å²) >= 11 is 0. The number of hydrogen-bond donors (Lipinski definition) is 17. The molecule has 9 fully saturated rings. The molecule has 0 aromatic heterocycles. The average molecular weight is 2090 g/mol. The molecule has 9 aliphatic rings. The first kappa shape index (κ1) is 124. The van der Waals surface area contributed by atoms with Crippen LogP contribution in [0.25, 0.3) is 0 Å². The summed E-state index contributed by atoms with van der Waals surface area (Å²) in [5.74, 6) is -9.43. The third kappa shape index (κ3) is 34.0. The van der Waals surface area contributed by atoms with Gasteiger partial charge in [0.25, 0.3) is 0 Å². The molecule has 2 bridgehead atoms. The molecule has 9 aliphatic heterocycles. The van der Waals surface area contributed by atoms with Crippen LogP contribution in [0.4, 0.5) is 0 Å². The van der Waals surface area contributed by atoms with E-state index >= 15 is 0 Å². The summed E-state index contributed by atoms with van der Waals surface area (Å²) in [5, 5.41) is 195. The first-order valence-electron chi connectivity index (χ1n) is 52.9.